The van der Waals surface area contributed by atoms with Crippen molar-refractivity contribution < 1.29 is 29.0 Å². The van der Waals surface area contributed by atoms with Crippen molar-refractivity contribution >= 4 is 18.0 Å². The van der Waals surface area contributed by atoms with Gasteiger partial charge in [-0.1, -0.05) is 36.1 Å². The predicted octanol–water partition coefficient (Wildman–Crippen LogP) is 3.91. The average Bonchev–Trinajstić information content (AvgIpc) is 3.63. The number of hydrogen-bond donors (Lipinski definition) is 3. The van der Waals surface area contributed by atoms with Crippen LogP contribution in [-0.2, 0) is 14.3 Å². The molecule has 0 aromatic heterocycles. The number of benzene rings is 2. The van der Waals surface area contributed by atoms with Crippen LogP contribution in [0, 0.1) is 23.7 Å². The Kier molecular flexibility index (Phi) is 8.85. The van der Waals surface area contributed by atoms with E-state index in [-0.39, 0.29) is 12.5 Å². The van der Waals surface area contributed by atoms with Crippen LogP contribution >= 0.6 is 0 Å². The molecule has 1 aliphatic rings. The van der Waals surface area contributed by atoms with Gasteiger partial charge in [0.1, 0.15) is 11.6 Å². The standard InChI is InChI=1S/C30H36N2O6/c1-29(2,3)38-28(36)32-30(4,5)25(27(35)37-6)31-26(34)22-15-13-21(14-16-22)20-10-7-19(8-11-20)9-12-23-17-24(23)18-33/h7-8,10-11,13-16,23-25,33H,17-18H2,1-6H3,(H,31,34)(H,32,36). The van der Waals surface area contributed by atoms with Crippen LogP contribution in [0.25, 0.3) is 11.1 Å². The number of aliphatic hydroxyl groups is 1. The van der Waals surface area contributed by atoms with Crippen LogP contribution in [0.2, 0.25) is 0 Å². The number of esters is 1. The van der Waals surface area contributed by atoms with E-state index in [4.69, 9.17) is 14.6 Å². The monoisotopic (exact) mass is 520 g/mol. The molecular formula is C30H36N2O6. The Bertz CT molecular complexity index is 1220. The van der Waals surface area contributed by atoms with Crippen LogP contribution in [0.5, 0.6) is 0 Å². The summed E-state index contributed by atoms with van der Waals surface area (Å²) in [7, 11) is 1.22. The zero-order valence-corrected chi connectivity index (χ0v) is 22.8. The van der Waals surface area contributed by atoms with E-state index in [1.807, 2.05) is 36.4 Å². The van der Waals surface area contributed by atoms with Crippen molar-refractivity contribution in [2.24, 2.45) is 11.8 Å². The summed E-state index contributed by atoms with van der Waals surface area (Å²) in [5, 5.41) is 14.5. The lowest BCUT2D eigenvalue weighted by molar-refractivity contribution is -0.144. The largest absolute Gasteiger partial charge is 0.467 e. The molecule has 8 nitrogen and oxygen atoms in total. The molecule has 3 unspecified atom stereocenters. The molecule has 0 heterocycles. The van der Waals surface area contributed by atoms with E-state index in [0.717, 1.165) is 23.1 Å². The fraction of sp³-hybridized carbons (Fsp3) is 0.433. The Morgan fingerprint density at radius 3 is 2.08 bits per heavy atom. The topological polar surface area (TPSA) is 114 Å². The molecule has 38 heavy (non-hydrogen) atoms. The summed E-state index contributed by atoms with van der Waals surface area (Å²) < 4.78 is 10.2. The van der Waals surface area contributed by atoms with Gasteiger partial charge in [-0.25, -0.2) is 9.59 Å². The van der Waals surface area contributed by atoms with Gasteiger partial charge in [-0.15, -0.1) is 0 Å². The highest BCUT2D eigenvalue weighted by molar-refractivity contribution is 5.97. The second kappa shape index (κ2) is 11.7. The third-order valence-corrected chi connectivity index (χ3v) is 6.18. The maximum Gasteiger partial charge on any atom is 0.408 e. The number of rotatable bonds is 7. The van der Waals surface area contributed by atoms with Gasteiger partial charge in [0.2, 0.25) is 0 Å². The summed E-state index contributed by atoms with van der Waals surface area (Å²) in [4.78, 5) is 37.9. The first kappa shape index (κ1) is 28.7. The third kappa shape index (κ3) is 7.83. The second-order valence-electron chi connectivity index (χ2n) is 11.0. The van der Waals surface area contributed by atoms with Crippen LogP contribution in [0.4, 0.5) is 4.79 Å². The molecule has 0 bridgehead atoms. The number of hydrogen-bond acceptors (Lipinski definition) is 6. The first-order chi connectivity index (χ1) is 17.8. The molecule has 0 saturated heterocycles. The minimum atomic E-state index is -1.20. The summed E-state index contributed by atoms with van der Waals surface area (Å²) in [6, 6.07) is 13.6. The maximum absolute atomic E-state index is 13.0. The van der Waals surface area contributed by atoms with Crippen molar-refractivity contribution in [3.8, 4) is 23.0 Å². The number of nitrogens with one attached hydrogen (secondary N) is 2. The minimum Gasteiger partial charge on any atom is -0.467 e. The van der Waals surface area contributed by atoms with E-state index < -0.39 is 35.2 Å². The number of methoxy groups -OCH3 is 1. The Hall–Kier alpha value is -3.83. The van der Waals surface area contributed by atoms with Gasteiger partial charge >= 0.3 is 12.1 Å². The number of carbonyl (C=O) groups excluding carboxylic acids is 3. The van der Waals surface area contributed by atoms with E-state index in [2.05, 4.69) is 22.5 Å². The van der Waals surface area contributed by atoms with E-state index in [0.29, 0.717) is 11.5 Å². The highest BCUT2D eigenvalue weighted by Crippen LogP contribution is 2.37. The van der Waals surface area contributed by atoms with Crippen LogP contribution in [-0.4, -0.2) is 54.0 Å². The minimum absolute atomic E-state index is 0.191. The van der Waals surface area contributed by atoms with Crippen molar-refractivity contribution in [3.05, 3.63) is 59.7 Å². The first-order valence-electron chi connectivity index (χ1n) is 12.6. The summed E-state index contributed by atoms with van der Waals surface area (Å²) in [6.07, 6.45) is 0.244. The molecule has 2 aromatic rings. The molecular weight excluding hydrogens is 484 g/mol. The van der Waals surface area contributed by atoms with Crippen molar-refractivity contribution in [1.82, 2.24) is 10.6 Å². The number of carbonyl (C=O) groups is 3. The van der Waals surface area contributed by atoms with Crippen molar-refractivity contribution in [2.45, 2.75) is 58.2 Å². The second-order valence-corrected chi connectivity index (χ2v) is 11.0. The molecule has 202 valence electrons. The Morgan fingerprint density at radius 2 is 1.58 bits per heavy atom. The van der Waals surface area contributed by atoms with E-state index in [1.165, 1.54) is 7.11 Å². The summed E-state index contributed by atoms with van der Waals surface area (Å²) in [5.41, 5.74) is 1.22. The van der Waals surface area contributed by atoms with Crippen molar-refractivity contribution in [2.75, 3.05) is 13.7 Å². The number of alkyl carbamates (subject to hydrolysis) is 1. The van der Waals surface area contributed by atoms with E-state index >= 15 is 0 Å². The van der Waals surface area contributed by atoms with E-state index in [1.54, 1.807) is 46.8 Å². The molecule has 2 amide bonds. The molecule has 8 heteroatoms. The van der Waals surface area contributed by atoms with Crippen LogP contribution in [0.1, 0.15) is 57.0 Å². The fourth-order valence-electron chi connectivity index (χ4n) is 3.87. The highest BCUT2D eigenvalue weighted by atomic mass is 16.6. The van der Waals surface area contributed by atoms with Crippen LogP contribution < -0.4 is 10.6 Å². The van der Waals surface area contributed by atoms with E-state index in [9.17, 15) is 14.4 Å². The van der Waals surface area contributed by atoms with Gasteiger partial charge in [0.05, 0.1) is 12.6 Å². The third-order valence-electron chi connectivity index (χ3n) is 6.18. The molecule has 1 fully saturated rings. The Balaban J connectivity index is 1.67. The van der Waals surface area contributed by atoms with Gasteiger partial charge in [-0.2, -0.15) is 0 Å². The van der Waals surface area contributed by atoms with Gasteiger partial charge < -0.3 is 25.2 Å². The lowest BCUT2D eigenvalue weighted by Gasteiger charge is -2.34. The first-order valence-corrected chi connectivity index (χ1v) is 12.6. The fourth-order valence-corrected chi connectivity index (χ4v) is 3.87. The lowest BCUT2D eigenvalue weighted by Crippen LogP contribution is -2.62. The highest BCUT2D eigenvalue weighted by Gasteiger charge is 2.40. The number of aliphatic hydroxyl groups excluding tert-OH is 1. The quantitative estimate of drug-likeness (QED) is 0.377. The molecule has 3 rings (SSSR count). The molecule has 1 saturated carbocycles. The molecule has 0 spiro atoms. The molecule has 1 aliphatic carbocycles. The molecule has 2 aromatic carbocycles. The summed E-state index contributed by atoms with van der Waals surface area (Å²) in [5.74, 6) is 5.76. The van der Waals surface area contributed by atoms with Gasteiger partial charge in [-0.05, 0) is 82.3 Å². The summed E-state index contributed by atoms with van der Waals surface area (Å²) in [6.45, 7) is 8.59. The molecule has 3 atom stereocenters. The molecule has 0 aliphatic heterocycles. The predicted molar refractivity (Wildman–Crippen MR) is 144 cm³/mol. The Morgan fingerprint density at radius 1 is 1.00 bits per heavy atom. The van der Waals surface area contributed by atoms with Crippen molar-refractivity contribution in [1.29, 1.82) is 0 Å². The Labute approximate surface area is 224 Å². The smallest absolute Gasteiger partial charge is 0.408 e. The SMILES string of the molecule is COC(=O)C(NC(=O)c1ccc(-c2ccc(C#CC3CC3CO)cc2)cc1)C(C)(C)NC(=O)OC(C)(C)C. The lowest BCUT2D eigenvalue weighted by atomic mass is 9.94. The van der Waals surface area contributed by atoms with Crippen LogP contribution in [0.3, 0.4) is 0 Å². The molecule has 0 radical (unpaired) electrons. The van der Waals surface area contributed by atoms with Gasteiger partial charge in [0.25, 0.3) is 5.91 Å². The van der Waals surface area contributed by atoms with Gasteiger partial charge in [0, 0.05) is 23.7 Å². The normalized spacial score (nSPS) is 17.3. The number of ether oxygens (including phenoxy) is 2. The molecule has 3 N–H and O–H groups in total. The maximum atomic E-state index is 13.0. The van der Waals surface area contributed by atoms with Crippen molar-refractivity contribution in [3.63, 3.8) is 0 Å². The van der Waals surface area contributed by atoms with Gasteiger partial charge in [0.15, 0.2) is 0 Å². The van der Waals surface area contributed by atoms with Crippen LogP contribution in [0.15, 0.2) is 48.5 Å². The zero-order valence-electron chi connectivity index (χ0n) is 22.8. The average molecular weight is 521 g/mol. The number of amides is 2. The zero-order chi connectivity index (χ0) is 28.1. The van der Waals surface area contributed by atoms with Gasteiger partial charge in [-0.3, -0.25) is 4.79 Å². The summed E-state index contributed by atoms with van der Waals surface area (Å²) >= 11 is 0.